The van der Waals surface area contributed by atoms with E-state index >= 15 is 0 Å². The van der Waals surface area contributed by atoms with Crippen LogP contribution in [0.25, 0.3) is 6.08 Å². The lowest BCUT2D eigenvalue weighted by Crippen LogP contribution is -2.38. The summed E-state index contributed by atoms with van der Waals surface area (Å²) in [5, 5.41) is 4.78. The van der Waals surface area contributed by atoms with Gasteiger partial charge in [-0.1, -0.05) is 42.5 Å². The van der Waals surface area contributed by atoms with Gasteiger partial charge in [0.2, 0.25) is 5.91 Å². The monoisotopic (exact) mass is 406 g/mol. The number of ether oxygens (including phenoxy) is 1. The van der Waals surface area contributed by atoms with E-state index in [0.717, 1.165) is 0 Å². The van der Waals surface area contributed by atoms with Gasteiger partial charge < -0.3 is 10.1 Å². The number of benzene rings is 2. The van der Waals surface area contributed by atoms with Crippen LogP contribution in [0.1, 0.15) is 24.1 Å². The third-order valence-electron chi connectivity index (χ3n) is 3.82. The molecule has 0 heterocycles. The fourth-order valence-corrected chi connectivity index (χ4v) is 2.50. The van der Waals surface area contributed by atoms with Crippen molar-refractivity contribution >= 4 is 23.6 Å². The summed E-state index contributed by atoms with van der Waals surface area (Å²) < 4.78 is 44.6. The molecule has 0 aromatic heterocycles. The first-order valence-electron chi connectivity index (χ1n) is 8.89. The van der Waals surface area contributed by atoms with E-state index in [1.165, 1.54) is 30.3 Å². The van der Waals surface area contributed by atoms with Crippen molar-refractivity contribution in [1.82, 2.24) is 5.32 Å². The second kappa shape index (κ2) is 10.4. The predicted molar refractivity (Wildman–Crippen MR) is 104 cm³/mol. The van der Waals surface area contributed by atoms with Crippen molar-refractivity contribution < 1.29 is 27.5 Å². The van der Waals surface area contributed by atoms with Crippen LogP contribution >= 0.6 is 0 Å². The van der Waals surface area contributed by atoms with E-state index in [-0.39, 0.29) is 12.2 Å². The Hall–Kier alpha value is -3.13. The van der Waals surface area contributed by atoms with Crippen molar-refractivity contribution in [3.8, 4) is 0 Å². The van der Waals surface area contributed by atoms with Crippen LogP contribution in [0.2, 0.25) is 0 Å². The number of halogens is 3. The average molecular weight is 406 g/mol. The smallest absolute Gasteiger partial charge is 0.407 e. The van der Waals surface area contributed by atoms with E-state index in [9.17, 15) is 22.8 Å². The zero-order valence-electron chi connectivity index (χ0n) is 15.7. The molecule has 5 nitrogen and oxygen atoms in total. The molecule has 0 radical (unpaired) electrons. The SMILES string of the molecule is CCOC(=O)/C=C/c1ccc(NC(=O)CNC(c2ccccc2)C(F)(F)F)cc1. The molecule has 1 amide bonds. The van der Waals surface area contributed by atoms with Crippen LogP contribution in [-0.2, 0) is 14.3 Å². The Morgan fingerprint density at radius 2 is 1.72 bits per heavy atom. The van der Waals surface area contributed by atoms with Crippen LogP contribution in [0.5, 0.6) is 0 Å². The lowest BCUT2D eigenvalue weighted by Gasteiger charge is -2.21. The molecule has 0 saturated heterocycles. The number of carbonyl (C=O) groups is 2. The number of rotatable bonds is 8. The van der Waals surface area contributed by atoms with Crippen molar-refractivity contribution in [2.45, 2.75) is 19.1 Å². The van der Waals surface area contributed by atoms with Gasteiger partial charge >= 0.3 is 12.1 Å². The fourth-order valence-electron chi connectivity index (χ4n) is 2.50. The molecule has 29 heavy (non-hydrogen) atoms. The molecule has 2 aromatic carbocycles. The van der Waals surface area contributed by atoms with Crippen molar-refractivity contribution in [3.05, 3.63) is 71.8 Å². The van der Waals surface area contributed by atoms with Crippen LogP contribution in [0.15, 0.2) is 60.7 Å². The Labute approximate surface area is 166 Å². The number of alkyl halides is 3. The first kappa shape index (κ1) is 22.2. The van der Waals surface area contributed by atoms with Gasteiger partial charge in [-0.05, 0) is 36.3 Å². The quantitative estimate of drug-likeness (QED) is 0.512. The van der Waals surface area contributed by atoms with Crippen LogP contribution in [-0.4, -0.2) is 31.2 Å². The zero-order chi connectivity index (χ0) is 21.3. The number of carbonyl (C=O) groups excluding carboxylic acids is 2. The van der Waals surface area contributed by atoms with Gasteiger partial charge in [-0.25, -0.2) is 4.79 Å². The maximum absolute atomic E-state index is 13.3. The molecule has 1 unspecified atom stereocenters. The molecule has 8 heteroatoms. The Balaban J connectivity index is 1.92. The molecule has 154 valence electrons. The molecule has 2 aromatic rings. The highest BCUT2D eigenvalue weighted by atomic mass is 19.4. The Kier molecular flexibility index (Phi) is 7.97. The number of anilines is 1. The largest absolute Gasteiger partial charge is 0.463 e. The highest BCUT2D eigenvalue weighted by molar-refractivity contribution is 5.92. The summed E-state index contributed by atoms with van der Waals surface area (Å²) in [6.07, 6.45) is -1.70. The second-order valence-corrected chi connectivity index (χ2v) is 6.02. The Bertz CT molecular complexity index is 834. The second-order valence-electron chi connectivity index (χ2n) is 6.02. The maximum atomic E-state index is 13.3. The van der Waals surface area contributed by atoms with Crippen LogP contribution < -0.4 is 10.6 Å². The highest BCUT2D eigenvalue weighted by Gasteiger charge is 2.40. The number of nitrogens with one attached hydrogen (secondary N) is 2. The van der Waals surface area contributed by atoms with Gasteiger partial charge in [0, 0.05) is 11.8 Å². The van der Waals surface area contributed by atoms with Crippen LogP contribution in [0.3, 0.4) is 0 Å². The predicted octanol–water partition coefficient (Wildman–Crippen LogP) is 4.09. The first-order chi connectivity index (χ1) is 13.8. The molecular weight excluding hydrogens is 385 g/mol. The molecule has 0 aliphatic carbocycles. The third-order valence-corrected chi connectivity index (χ3v) is 3.82. The number of hydrogen-bond donors (Lipinski definition) is 2. The van der Waals surface area contributed by atoms with E-state index < -0.39 is 30.6 Å². The fraction of sp³-hybridized carbons (Fsp3) is 0.238. The minimum atomic E-state index is -4.53. The summed E-state index contributed by atoms with van der Waals surface area (Å²) in [5.41, 5.74) is 1.16. The van der Waals surface area contributed by atoms with E-state index in [2.05, 4.69) is 10.6 Å². The van der Waals surface area contributed by atoms with E-state index in [1.54, 1.807) is 43.3 Å². The van der Waals surface area contributed by atoms with E-state index in [1.807, 2.05) is 0 Å². The number of hydrogen-bond acceptors (Lipinski definition) is 4. The van der Waals surface area contributed by atoms with Gasteiger partial charge in [-0.15, -0.1) is 0 Å². The normalized spacial score (nSPS) is 12.6. The molecular formula is C21H21F3N2O3. The van der Waals surface area contributed by atoms with Crippen molar-refractivity contribution in [2.75, 3.05) is 18.5 Å². The molecule has 0 spiro atoms. The standard InChI is InChI=1S/C21H21F3N2O3/c1-2-29-19(28)13-10-15-8-11-17(12-9-15)26-18(27)14-25-20(21(22,23)24)16-6-4-3-5-7-16/h3-13,20,25H,2,14H2,1H3,(H,26,27)/b13-10+. The minimum Gasteiger partial charge on any atom is -0.463 e. The summed E-state index contributed by atoms with van der Waals surface area (Å²) >= 11 is 0. The van der Waals surface area contributed by atoms with Gasteiger partial charge in [-0.2, -0.15) is 13.2 Å². The molecule has 0 aliphatic heterocycles. The first-order valence-corrected chi connectivity index (χ1v) is 8.89. The number of amides is 1. The Morgan fingerprint density at radius 1 is 1.07 bits per heavy atom. The zero-order valence-corrected chi connectivity index (χ0v) is 15.7. The maximum Gasteiger partial charge on any atom is 0.407 e. The molecule has 2 N–H and O–H groups in total. The third kappa shape index (κ3) is 7.42. The van der Waals surface area contributed by atoms with Crippen molar-refractivity contribution in [3.63, 3.8) is 0 Å². The lowest BCUT2D eigenvalue weighted by atomic mass is 10.1. The topological polar surface area (TPSA) is 67.4 Å². The molecule has 0 saturated carbocycles. The molecule has 0 bridgehead atoms. The summed E-state index contributed by atoms with van der Waals surface area (Å²) in [6.45, 7) is 1.47. The molecule has 1 atom stereocenters. The summed E-state index contributed by atoms with van der Waals surface area (Å²) in [7, 11) is 0. The van der Waals surface area contributed by atoms with Gasteiger partial charge in [-0.3, -0.25) is 10.1 Å². The van der Waals surface area contributed by atoms with Crippen molar-refractivity contribution in [2.24, 2.45) is 0 Å². The average Bonchev–Trinajstić information content (AvgIpc) is 2.67. The Morgan fingerprint density at radius 3 is 2.31 bits per heavy atom. The summed E-state index contributed by atoms with van der Waals surface area (Å²) in [4.78, 5) is 23.3. The van der Waals surface area contributed by atoms with Gasteiger partial charge in [0.25, 0.3) is 0 Å². The highest BCUT2D eigenvalue weighted by Crippen LogP contribution is 2.32. The van der Waals surface area contributed by atoms with E-state index in [4.69, 9.17) is 4.74 Å². The molecule has 0 aliphatic rings. The summed E-state index contributed by atoms with van der Waals surface area (Å²) in [6, 6.07) is 11.9. The van der Waals surface area contributed by atoms with Gasteiger partial charge in [0.15, 0.2) is 0 Å². The van der Waals surface area contributed by atoms with Gasteiger partial charge in [0.05, 0.1) is 13.2 Å². The summed E-state index contributed by atoms with van der Waals surface area (Å²) in [5.74, 6) is -1.07. The minimum absolute atomic E-state index is 0.0329. The molecule has 2 rings (SSSR count). The van der Waals surface area contributed by atoms with Crippen molar-refractivity contribution in [1.29, 1.82) is 0 Å². The van der Waals surface area contributed by atoms with Gasteiger partial charge in [0.1, 0.15) is 6.04 Å². The van der Waals surface area contributed by atoms with Crippen LogP contribution in [0, 0.1) is 0 Å². The number of esters is 1. The molecule has 0 fully saturated rings. The lowest BCUT2D eigenvalue weighted by molar-refractivity contribution is -0.158. The van der Waals surface area contributed by atoms with Crippen LogP contribution in [0.4, 0.5) is 18.9 Å². The van der Waals surface area contributed by atoms with E-state index in [0.29, 0.717) is 11.3 Å².